The first-order chi connectivity index (χ1) is 16.4. The molecule has 11 nitrogen and oxygen atoms in total. The van der Waals surface area contributed by atoms with Crippen molar-refractivity contribution >= 4 is 40.3 Å². The standard InChI is InChI=1S/C22H24ClN7O4/c1-28(8-9-31)19(32)13-29-12-17(20(27-29)15-10-14(23)4-5-18(15)34-2)26-22(33)16-11-25-30-7-3-6-24-21(16)30/h3,6-7,10-12,31H,4-5,8-9,13H2,1-2H3,(H,26,33). The van der Waals surface area contributed by atoms with Crippen LogP contribution in [0.4, 0.5) is 5.69 Å². The largest absolute Gasteiger partial charge is 0.500 e. The van der Waals surface area contributed by atoms with E-state index in [-0.39, 0.29) is 31.2 Å². The molecule has 0 radical (unpaired) electrons. The van der Waals surface area contributed by atoms with Crippen LogP contribution in [0.3, 0.4) is 0 Å². The van der Waals surface area contributed by atoms with Crippen LogP contribution in [0.25, 0.3) is 11.2 Å². The van der Waals surface area contributed by atoms with Crippen molar-refractivity contribution in [3.63, 3.8) is 0 Å². The molecule has 0 aromatic carbocycles. The minimum absolute atomic E-state index is 0.0787. The number of allylic oxidation sites excluding steroid dienone is 4. The van der Waals surface area contributed by atoms with E-state index in [2.05, 4.69) is 20.5 Å². The number of hydrogen-bond donors (Lipinski definition) is 2. The molecule has 0 saturated heterocycles. The lowest BCUT2D eigenvalue weighted by molar-refractivity contribution is -0.131. The Hall–Kier alpha value is -3.70. The zero-order valence-electron chi connectivity index (χ0n) is 18.7. The SMILES string of the molecule is COC1=C(c2nn(CC(=O)N(C)CCO)cc2NC(=O)c2cnn3cccnc23)C=C(Cl)CC1. The lowest BCUT2D eigenvalue weighted by atomic mass is 10.0. The predicted octanol–water partition coefficient (Wildman–Crippen LogP) is 1.90. The number of fused-ring (bicyclic) bond motifs is 1. The zero-order chi connectivity index (χ0) is 24.2. The van der Waals surface area contributed by atoms with Crippen LogP contribution < -0.4 is 5.32 Å². The highest BCUT2D eigenvalue weighted by molar-refractivity contribution is 6.30. The van der Waals surface area contributed by atoms with Gasteiger partial charge < -0.3 is 20.1 Å². The molecular weight excluding hydrogens is 462 g/mol. The number of carbonyl (C=O) groups excluding carboxylic acids is 2. The number of aliphatic hydroxyl groups excluding tert-OH is 1. The number of nitrogens with one attached hydrogen (secondary N) is 1. The van der Waals surface area contributed by atoms with Gasteiger partial charge in [0.05, 0.1) is 25.6 Å². The quantitative estimate of drug-likeness (QED) is 0.499. The van der Waals surface area contributed by atoms with Crippen molar-refractivity contribution in [3.8, 4) is 0 Å². The molecule has 1 aliphatic carbocycles. The first-order valence-electron chi connectivity index (χ1n) is 10.6. The summed E-state index contributed by atoms with van der Waals surface area (Å²) in [6, 6.07) is 1.71. The molecule has 3 heterocycles. The Labute approximate surface area is 200 Å². The Balaban J connectivity index is 1.71. The Kier molecular flexibility index (Phi) is 6.94. The van der Waals surface area contributed by atoms with E-state index in [1.165, 1.54) is 20.3 Å². The van der Waals surface area contributed by atoms with E-state index in [0.29, 0.717) is 46.2 Å². The number of nitrogens with zero attached hydrogens (tertiary/aromatic N) is 6. The fourth-order valence-corrected chi connectivity index (χ4v) is 3.80. The van der Waals surface area contributed by atoms with Crippen molar-refractivity contribution in [2.24, 2.45) is 0 Å². The van der Waals surface area contributed by atoms with Gasteiger partial charge in [-0.1, -0.05) is 11.6 Å². The summed E-state index contributed by atoms with van der Waals surface area (Å²) in [5.74, 6) is 0.00108. The Bertz CT molecular complexity index is 1290. The maximum Gasteiger partial charge on any atom is 0.261 e. The topological polar surface area (TPSA) is 127 Å². The minimum atomic E-state index is -0.427. The van der Waals surface area contributed by atoms with Gasteiger partial charge in [0.25, 0.3) is 5.91 Å². The molecule has 2 N–H and O–H groups in total. The van der Waals surface area contributed by atoms with Gasteiger partial charge in [-0.2, -0.15) is 10.2 Å². The van der Waals surface area contributed by atoms with Crippen LogP contribution in [0.1, 0.15) is 28.9 Å². The van der Waals surface area contributed by atoms with E-state index in [1.54, 1.807) is 44.9 Å². The molecule has 34 heavy (non-hydrogen) atoms. The Morgan fingerprint density at radius 1 is 1.35 bits per heavy atom. The smallest absolute Gasteiger partial charge is 0.261 e. The number of anilines is 1. The Morgan fingerprint density at radius 3 is 2.94 bits per heavy atom. The molecule has 12 heteroatoms. The molecule has 3 aromatic rings. The summed E-state index contributed by atoms with van der Waals surface area (Å²) >= 11 is 6.30. The van der Waals surface area contributed by atoms with Crippen LogP contribution in [-0.4, -0.2) is 73.5 Å². The average molecular weight is 486 g/mol. The van der Waals surface area contributed by atoms with Crippen LogP contribution in [-0.2, 0) is 16.1 Å². The number of likely N-dealkylation sites (N-methyl/N-ethyl adjacent to an activating group) is 1. The Morgan fingerprint density at radius 2 is 2.18 bits per heavy atom. The number of rotatable bonds is 8. The maximum absolute atomic E-state index is 13.1. The van der Waals surface area contributed by atoms with Gasteiger partial charge in [0.1, 0.15) is 23.6 Å². The second kappa shape index (κ2) is 10.1. The third-order valence-electron chi connectivity index (χ3n) is 5.39. The van der Waals surface area contributed by atoms with Gasteiger partial charge in [-0.3, -0.25) is 14.3 Å². The average Bonchev–Trinajstić information content (AvgIpc) is 3.43. The summed E-state index contributed by atoms with van der Waals surface area (Å²) in [5.41, 5.74) is 2.13. The van der Waals surface area contributed by atoms with Gasteiger partial charge in [-0.05, 0) is 18.6 Å². The molecule has 0 saturated carbocycles. The van der Waals surface area contributed by atoms with Crippen LogP contribution in [0.15, 0.2) is 47.7 Å². The summed E-state index contributed by atoms with van der Waals surface area (Å²) in [4.78, 5) is 31.3. The minimum Gasteiger partial charge on any atom is -0.500 e. The lowest BCUT2D eigenvalue weighted by Gasteiger charge is -2.16. The van der Waals surface area contributed by atoms with E-state index < -0.39 is 5.91 Å². The van der Waals surface area contributed by atoms with E-state index in [0.717, 1.165) is 0 Å². The molecule has 0 spiro atoms. The lowest BCUT2D eigenvalue weighted by Crippen LogP contribution is -2.32. The molecule has 0 bridgehead atoms. The number of aliphatic hydroxyl groups is 1. The number of aromatic nitrogens is 5. The predicted molar refractivity (Wildman–Crippen MR) is 125 cm³/mol. The van der Waals surface area contributed by atoms with Gasteiger partial charge >= 0.3 is 0 Å². The highest BCUT2D eigenvalue weighted by Gasteiger charge is 2.24. The highest BCUT2D eigenvalue weighted by atomic mass is 35.5. The molecule has 0 atom stereocenters. The monoisotopic (exact) mass is 485 g/mol. The van der Waals surface area contributed by atoms with E-state index in [1.807, 2.05) is 0 Å². The third kappa shape index (κ3) is 4.80. The summed E-state index contributed by atoms with van der Waals surface area (Å²) in [6.07, 6.45) is 9.26. The molecule has 3 aromatic heterocycles. The summed E-state index contributed by atoms with van der Waals surface area (Å²) < 4.78 is 8.49. The summed E-state index contributed by atoms with van der Waals surface area (Å²) in [6.45, 7) is -0.0186. The molecule has 0 unspecified atom stereocenters. The third-order valence-corrected chi connectivity index (χ3v) is 5.68. The molecular formula is C22H24ClN7O4. The second-order valence-corrected chi connectivity index (χ2v) is 8.15. The van der Waals surface area contributed by atoms with Crippen molar-refractivity contribution in [1.82, 2.24) is 29.3 Å². The first-order valence-corrected chi connectivity index (χ1v) is 10.9. The molecule has 178 valence electrons. The van der Waals surface area contributed by atoms with Crippen LogP contribution >= 0.6 is 11.6 Å². The molecule has 2 amide bonds. The second-order valence-electron chi connectivity index (χ2n) is 7.66. The summed E-state index contributed by atoms with van der Waals surface area (Å²) in [7, 11) is 3.16. The van der Waals surface area contributed by atoms with Crippen LogP contribution in [0.5, 0.6) is 0 Å². The van der Waals surface area contributed by atoms with Crippen molar-refractivity contribution < 1.29 is 19.4 Å². The highest BCUT2D eigenvalue weighted by Crippen LogP contribution is 2.35. The molecule has 0 fully saturated rings. The first kappa shape index (κ1) is 23.5. The number of amides is 2. The van der Waals surface area contributed by atoms with E-state index in [4.69, 9.17) is 21.4 Å². The number of carbonyl (C=O) groups is 2. The molecule has 4 rings (SSSR count). The van der Waals surface area contributed by atoms with Gasteiger partial charge in [-0.15, -0.1) is 0 Å². The van der Waals surface area contributed by atoms with Crippen molar-refractivity contribution in [2.45, 2.75) is 19.4 Å². The van der Waals surface area contributed by atoms with Crippen molar-refractivity contribution in [1.29, 1.82) is 0 Å². The molecule has 0 aliphatic heterocycles. The zero-order valence-corrected chi connectivity index (χ0v) is 19.5. The van der Waals surface area contributed by atoms with Crippen LogP contribution in [0.2, 0.25) is 0 Å². The van der Waals surface area contributed by atoms with Gasteiger partial charge in [0, 0.05) is 49.2 Å². The maximum atomic E-state index is 13.1. The number of hydrogen-bond acceptors (Lipinski definition) is 7. The van der Waals surface area contributed by atoms with Gasteiger partial charge in [0.15, 0.2) is 5.65 Å². The van der Waals surface area contributed by atoms with E-state index in [9.17, 15) is 9.59 Å². The summed E-state index contributed by atoms with van der Waals surface area (Å²) in [5, 5.41) is 21.3. The fourth-order valence-electron chi connectivity index (χ4n) is 3.59. The normalized spacial score (nSPS) is 13.7. The molecule has 1 aliphatic rings. The van der Waals surface area contributed by atoms with Gasteiger partial charge in [-0.25, -0.2) is 9.50 Å². The number of ether oxygens (including phenoxy) is 1. The van der Waals surface area contributed by atoms with E-state index >= 15 is 0 Å². The fraction of sp³-hybridized carbons (Fsp3) is 0.318. The van der Waals surface area contributed by atoms with Crippen molar-refractivity contribution in [3.05, 3.63) is 59.0 Å². The number of methoxy groups -OCH3 is 1. The number of halogens is 1. The van der Waals surface area contributed by atoms with Crippen molar-refractivity contribution in [2.75, 3.05) is 32.6 Å². The van der Waals surface area contributed by atoms with Crippen LogP contribution in [0, 0.1) is 0 Å². The van der Waals surface area contributed by atoms with Gasteiger partial charge in [0.2, 0.25) is 5.91 Å².